The average Bonchev–Trinajstić information content (AvgIpc) is 3.28. The Hall–Kier alpha value is -3.13. The number of fused-ring (bicyclic) bond motifs is 2. The molecule has 3 aliphatic carbocycles. The zero-order valence-corrected chi connectivity index (χ0v) is 18.4. The summed E-state index contributed by atoms with van der Waals surface area (Å²) in [4.78, 5) is 37.5. The van der Waals surface area contributed by atoms with Gasteiger partial charge in [-0.15, -0.1) is 0 Å². The van der Waals surface area contributed by atoms with Crippen LogP contribution in [0, 0.1) is 11.7 Å². The number of hydrogen-bond donors (Lipinski definition) is 2. The first-order valence-corrected chi connectivity index (χ1v) is 11.2. The maximum atomic E-state index is 13.5. The lowest BCUT2D eigenvalue weighted by molar-refractivity contribution is -0.129. The first kappa shape index (κ1) is 21.7. The zero-order chi connectivity index (χ0) is 23.2. The molecule has 3 fully saturated rings. The topological polar surface area (TPSA) is 93.7 Å². The predicted octanol–water partition coefficient (Wildman–Crippen LogP) is 3.05. The molecule has 0 saturated heterocycles. The smallest absolute Gasteiger partial charge is 0.261 e. The molecule has 1 aliphatic heterocycles. The number of amides is 2. The van der Waals surface area contributed by atoms with Gasteiger partial charge in [-0.05, 0) is 49.4 Å². The molecule has 0 aromatic heterocycles. The third kappa shape index (κ3) is 4.27. The highest BCUT2D eigenvalue weighted by Crippen LogP contribution is 2.52. The van der Waals surface area contributed by atoms with Crippen molar-refractivity contribution in [1.82, 2.24) is 10.6 Å². The largest absolute Gasteiger partial charge is 0.484 e. The summed E-state index contributed by atoms with van der Waals surface area (Å²) >= 11 is 5.64. The highest BCUT2D eigenvalue weighted by Gasteiger charge is 2.57. The molecule has 4 aliphatic rings. The molecule has 2 aromatic carbocycles. The third-order valence-electron chi connectivity index (χ3n) is 6.60. The lowest BCUT2D eigenvalue weighted by Gasteiger charge is -2.39. The van der Waals surface area contributed by atoms with Crippen LogP contribution in [0.25, 0.3) is 0 Å². The predicted molar refractivity (Wildman–Crippen MR) is 117 cm³/mol. The van der Waals surface area contributed by atoms with E-state index in [0.29, 0.717) is 17.7 Å². The quantitative estimate of drug-likeness (QED) is 0.674. The van der Waals surface area contributed by atoms with E-state index in [9.17, 15) is 18.8 Å². The fourth-order valence-corrected chi connectivity index (χ4v) is 5.16. The molecule has 2 bridgehead atoms. The van der Waals surface area contributed by atoms with Gasteiger partial charge in [0.25, 0.3) is 11.8 Å². The second-order valence-electron chi connectivity index (χ2n) is 8.91. The summed E-state index contributed by atoms with van der Waals surface area (Å²) in [6.45, 7) is -0.248. The van der Waals surface area contributed by atoms with Crippen LogP contribution in [0.2, 0.25) is 5.02 Å². The fraction of sp³-hybridized carbons (Fsp3) is 0.375. The van der Waals surface area contributed by atoms with Crippen LogP contribution in [0.4, 0.5) is 4.39 Å². The molecular weight excluding hydrogens is 451 g/mol. The second-order valence-corrected chi connectivity index (χ2v) is 9.32. The zero-order valence-electron chi connectivity index (χ0n) is 17.6. The lowest BCUT2D eigenvalue weighted by atomic mass is 9.76. The summed E-state index contributed by atoms with van der Waals surface area (Å²) in [6, 6.07) is 10.8. The van der Waals surface area contributed by atoms with Gasteiger partial charge in [-0.1, -0.05) is 23.7 Å². The van der Waals surface area contributed by atoms with E-state index in [4.69, 9.17) is 21.1 Å². The van der Waals surface area contributed by atoms with Crippen LogP contribution in [0.3, 0.4) is 0 Å². The number of benzene rings is 2. The van der Waals surface area contributed by atoms with Crippen LogP contribution in [-0.4, -0.2) is 41.9 Å². The minimum absolute atomic E-state index is 0.00471. The first-order chi connectivity index (χ1) is 15.8. The molecule has 1 unspecified atom stereocenters. The van der Waals surface area contributed by atoms with E-state index in [1.54, 1.807) is 24.3 Å². The van der Waals surface area contributed by atoms with Crippen molar-refractivity contribution >= 4 is 29.2 Å². The van der Waals surface area contributed by atoms with Crippen LogP contribution in [0.15, 0.2) is 42.5 Å². The number of ketones is 1. The Morgan fingerprint density at radius 1 is 1.18 bits per heavy atom. The van der Waals surface area contributed by atoms with Crippen molar-refractivity contribution in [2.45, 2.75) is 43.4 Å². The maximum Gasteiger partial charge on any atom is 0.261 e. The number of para-hydroxylation sites is 1. The third-order valence-corrected chi connectivity index (χ3v) is 6.91. The van der Waals surface area contributed by atoms with Crippen molar-refractivity contribution in [3.63, 3.8) is 0 Å². The van der Waals surface area contributed by atoms with Gasteiger partial charge in [0.05, 0.1) is 17.0 Å². The molecule has 6 rings (SSSR count). The number of rotatable bonds is 6. The molecule has 9 heteroatoms. The van der Waals surface area contributed by atoms with E-state index in [2.05, 4.69) is 10.6 Å². The van der Waals surface area contributed by atoms with Crippen molar-refractivity contribution in [3.05, 3.63) is 58.9 Å². The highest BCUT2D eigenvalue weighted by atomic mass is 35.5. The van der Waals surface area contributed by atoms with Crippen LogP contribution >= 0.6 is 11.6 Å². The summed E-state index contributed by atoms with van der Waals surface area (Å²) in [7, 11) is 0. The molecule has 172 valence electrons. The molecule has 2 N–H and O–H groups in total. The number of hydrogen-bond acceptors (Lipinski definition) is 5. The van der Waals surface area contributed by atoms with Gasteiger partial charge in [0.2, 0.25) is 0 Å². The first-order valence-electron chi connectivity index (χ1n) is 10.8. The standard InChI is InChI=1S/C24H22ClFN2O5/c25-16-6-5-14(7-17(16)26)32-12-22(30)28-24-9-13(10-24)18(11-24)27-23(31)21-8-19(29)15-3-1-2-4-20(15)33-21/h1-7,13,18,21H,8-12H2,(H,27,31)(H,28,30)/t13?,18?,21-,24?/m0/s1. The Kier molecular flexibility index (Phi) is 5.48. The lowest BCUT2D eigenvalue weighted by Crippen LogP contribution is -2.53. The maximum absolute atomic E-state index is 13.5. The average molecular weight is 473 g/mol. The Morgan fingerprint density at radius 2 is 1.97 bits per heavy atom. The van der Waals surface area contributed by atoms with E-state index < -0.39 is 11.9 Å². The molecule has 2 amide bonds. The number of carbonyl (C=O) groups excluding carboxylic acids is 3. The molecule has 1 heterocycles. The van der Waals surface area contributed by atoms with Crippen LogP contribution in [0.5, 0.6) is 11.5 Å². The molecule has 3 saturated carbocycles. The SMILES string of the molecule is O=C(COc1ccc(Cl)c(F)c1)NC12CC(C1)C(NC(=O)[C@@H]1CC(=O)c3ccccc3O1)C2. The van der Waals surface area contributed by atoms with Gasteiger partial charge in [0.1, 0.15) is 17.3 Å². The van der Waals surface area contributed by atoms with E-state index in [1.165, 1.54) is 12.1 Å². The van der Waals surface area contributed by atoms with Crippen molar-refractivity contribution in [1.29, 1.82) is 0 Å². The van der Waals surface area contributed by atoms with E-state index in [-0.39, 0.29) is 58.9 Å². The van der Waals surface area contributed by atoms with Crippen molar-refractivity contribution < 1.29 is 28.2 Å². The van der Waals surface area contributed by atoms with Crippen molar-refractivity contribution in [2.75, 3.05) is 6.61 Å². The van der Waals surface area contributed by atoms with Crippen LogP contribution < -0.4 is 20.1 Å². The van der Waals surface area contributed by atoms with Gasteiger partial charge in [-0.2, -0.15) is 0 Å². The van der Waals surface area contributed by atoms with Gasteiger partial charge in [0, 0.05) is 17.6 Å². The normalized spacial score (nSPS) is 27.1. The van der Waals surface area contributed by atoms with E-state index >= 15 is 0 Å². The number of carbonyl (C=O) groups is 3. The minimum Gasteiger partial charge on any atom is -0.484 e. The summed E-state index contributed by atoms with van der Waals surface area (Å²) in [5.41, 5.74) is 0.110. The van der Waals surface area contributed by atoms with Gasteiger partial charge in [-0.25, -0.2) is 4.39 Å². The van der Waals surface area contributed by atoms with Gasteiger partial charge in [-0.3, -0.25) is 14.4 Å². The summed E-state index contributed by atoms with van der Waals surface area (Å²) in [5.74, 6) is -0.454. The second kappa shape index (κ2) is 8.33. The van der Waals surface area contributed by atoms with Crippen molar-refractivity contribution in [2.24, 2.45) is 5.92 Å². The Labute approximate surface area is 194 Å². The summed E-state index contributed by atoms with van der Waals surface area (Å²) in [5, 5.41) is 5.99. The Balaban J connectivity index is 1.12. The molecule has 33 heavy (non-hydrogen) atoms. The number of halogens is 2. The van der Waals surface area contributed by atoms with E-state index in [1.807, 2.05) is 0 Å². The van der Waals surface area contributed by atoms with Crippen LogP contribution in [-0.2, 0) is 9.59 Å². The molecular formula is C24H22ClFN2O5. The number of Topliss-reactive ketones (excluding diaryl/α,β-unsaturated/α-hetero) is 1. The molecule has 2 atom stereocenters. The Bertz CT molecular complexity index is 1130. The molecule has 0 radical (unpaired) electrons. The minimum atomic E-state index is -0.857. The monoisotopic (exact) mass is 472 g/mol. The summed E-state index contributed by atoms with van der Waals surface area (Å²) < 4.78 is 24.6. The van der Waals surface area contributed by atoms with E-state index in [0.717, 1.165) is 18.9 Å². The molecule has 7 nitrogen and oxygen atoms in total. The molecule has 2 aromatic rings. The number of nitrogens with one attached hydrogen (secondary N) is 2. The highest BCUT2D eigenvalue weighted by molar-refractivity contribution is 6.30. The van der Waals surface area contributed by atoms with Crippen molar-refractivity contribution in [3.8, 4) is 11.5 Å². The fourth-order valence-electron chi connectivity index (χ4n) is 5.05. The Morgan fingerprint density at radius 3 is 2.76 bits per heavy atom. The number of ether oxygens (including phenoxy) is 2. The summed E-state index contributed by atoms with van der Waals surface area (Å²) in [6.07, 6.45) is 1.26. The molecule has 0 spiro atoms. The van der Waals surface area contributed by atoms with Gasteiger partial charge >= 0.3 is 0 Å². The van der Waals surface area contributed by atoms with Gasteiger partial charge in [0.15, 0.2) is 18.5 Å². The van der Waals surface area contributed by atoms with Crippen LogP contribution in [0.1, 0.15) is 36.0 Å². The van der Waals surface area contributed by atoms with Gasteiger partial charge < -0.3 is 20.1 Å².